The fourth-order valence-corrected chi connectivity index (χ4v) is 1.91. The Bertz CT molecular complexity index is 435. The minimum Gasteiger partial charge on any atom is -0.382 e. The number of rotatable bonds is 2. The van der Waals surface area contributed by atoms with Gasteiger partial charge in [-0.1, -0.05) is 15.9 Å². The van der Waals surface area contributed by atoms with E-state index in [2.05, 4.69) is 20.9 Å². The van der Waals surface area contributed by atoms with Crippen molar-refractivity contribution in [3.05, 3.63) is 58.1 Å². The fourth-order valence-electron chi connectivity index (χ4n) is 1.43. The zero-order valence-corrected chi connectivity index (χ0v) is 9.33. The number of hydrogen-bond donors (Lipinski definition) is 2. The van der Waals surface area contributed by atoms with Gasteiger partial charge in [0.05, 0.1) is 0 Å². The number of nitrogens with one attached hydrogen (secondary N) is 1. The number of aliphatic hydroxyl groups is 1. The Morgan fingerprint density at radius 2 is 2.13 bits per heavy atom. The van der Waals surface area contributed by atoms with Crippen LogP contribution in [0, 0.1) is 5.82 Å². The molecule has 2 rings (SSSR count). The third-order valence-corrected chi connectivity index (χ3v) is 2.58. The molecule has 1 aromatic carbocycles. The lowest BCUT2D eigenvalue weighted by molar-refractivity contribution is 0.215. The summed E-state index contributed by atoms with van der Waals surface area (Å²) < 4.78 is 13.7. The second-order valence-electron chi connectivity index (χ2n) is 3.23. The molecule has 0 radical (unpaired) electrons. The van der Waals surface area contributed by atoms with Gasteiger partial charge in [-0.15, -0.1) is 0 Å². The molecule has 0 bridgehead atoms. The molecule has 0 aliphatic rings. The van der Waals surface area contributed by atoms with E-state index in [0.717, 1.165) is 0 Å². The first-order valence-electron chi connectivity index (χ1n) is 4.44. The van der Waals surface area contributed by atoms with E-state index in [1.165, 1.54) is 12.1 Å². The quantitative estimate of drug-likeness (QED) is 0.864. The van der Waals surface area contributed by atoms with Crippen molar-refractivity contribution in [2.45, 2.75) is 6.10 Å². The van der Waals surface area contributed by atoms with Crippen molar-refractivity contribution in [2.75, 3.05) is 0 Å². The van der Waals surface area contributed by atoms with Gasteiger partial charge in [-0.3, -0.25) is 0 Å². The molecular formula is C11H9BrFNO. The first-order valence-corrected chi connectivity index (χ1v) is 5.23. The molecule has 0 saturated carbocycles. The zero-order chi connectivity index (χ0) is 10.8. The lowest BCUT2D eigenvalue weighted by Crippen LogP contribution is -2.00. The largest absolute Gasteiger partial charge is 0.382 e. The summed E-state index contributed by atoms with van der Waals surface area (Å²) in [7, 11) is 0. The summed E-state index contributed by atoms with van der Waals surface area (Å²) in [6.07, 6.45) is 0.888. The molecule has 0 fully saturated rings. The van der Waals surface area contributed by atoms with Crippen LogP contribution in [-0.2, 0) is 0 Å². The second kappa shape index (κ2) is 4.16. The number of aromatic nitrogens is 1. The Kier molecular flexibility index (Phi) is 2.88. The molecule has 2 nitrogen and oxygen atoms in total. The van der Waals surface area contributed by atoms with Crippen LogP contribution in [0.25, 0.3) is 0 Å². The van der Waals surface area contributed by atoms with E-state index in [9.17, 15) is 9.50 Å². The van der Waals surface area contributed by atoms with Crippen molar-refractivity contribution in [1.82, 2.24) is 4.98 Å². The Morgan fingerprint density at radius 3 is 2.73 bits per heavy atom. The molecule has 1 atom stereocenters. The predicted octanol–water partition coefficient (Wildman–Crippen LogP) is 3.00. The molecule has 1 heterocycles. The summed E-state index contributed by atoms with van der Waals surface area (Å²) in [6.45, 7) is 0. The summed E-state index contributed by atoms with van der Waals surface area (Å²) in [6, 6.07) is 7.89. The van der Waals surface area contributed by atoms with Crippen molar-refractivity contribution >= 4 is 15.9 Å². The van der Waals surface area contributed by atoms with Crippen molar-refractivity contribution < 1.29 is 9.50 Å². The predicted molar refractivity (Wildman–Crippen MR) is 59.0 cm³/mol. The summed E-state index contributed by atoms with van der Waals surface area (Å²) in [4.78, 5) is 2.89. The highest BCUT2D eigenvalue weighted by molar-refractivity contribution is 9.10. The molecule has 2 N–H and O–H groups in total. The van der Waals surface area contributed by atoms with Crippen LogP contribution in [0.5, 0.6) is 0 Å². The van der Waals surface area contributed by atoms with Gasteiger partial charge < -0.3 is 10.1 Å². The second-order valence-corrected chi connectivity index (χ2v) is 4.15. The maximum Gasteiger partial charge on any atom is 0.124 e. The normalized spacial score (nSPS) is 12.7. The Balaban J connectivity index is 2.37. The Hall–Kier alpha value is -1.13. The maximum absolute atomic E-state index is 13.1. The first kappa shape index (κ1) is 10.4. The van der Waals surface area contributed by atoms with Crippen molar-refractivity contribution in [1.29, 1.82) is 0 Å². The molecular weight excluding hydrogens is 261 g/mol. The highest BCUT2D eigenvalue weighted by Gasteiger charge is 2.12. The van der Waals surface area contributed by atoms with Crippen molar-refractivity contribution in [3.8, 4) is 0 Å². The lowest BCUT2D eigenvalue weighted by atomic mass is 10.1. The molecule has 0 aliphatic heterocycles. The Morgan fingerprint density at radius 1 is 1.33 bits per heavy atom. The van der Waals surface area contributed by atoms with Gasteiger partial charge in [0.1, 0.15) is 11.9 Å². The minimum absolute atomic E-state index is 0.370. The van der Waals surface area contributed by atoms with Crippen LogP contribution >= 0.6 is 15.9 Å². The minimum atomic E-state index is -0.827. The molecule has 2 aromatic rings. The average molecular weight is 270 g/mol. The van der Waals surface area contributed by atoms with Crippen LogP contribution in [0.2, 0.25) is 0 Å². The number of halogens is 2. The van der Waals surface area contributed by atoms with Gasteiger partial charge in [-0.25, -0.2) is 4.39 Å². The van der Waals surface area contributed by atoms with Gasteiger partial charge in [0, 0.05) is 16.4 Å². The molecule has 4 heteroatoms. The van der Waals surface area contributed by atoms with Gasteiger partial charge >= 0.3 is 0 Å². The average Bonchev–Trinajstić information content (AvgIpc) is 2.67. The standard InChI is InChI=1S/C11H9BrFNO/c12-8-4-7(5-9(13)6-8)11(15)10-2-1-3-14-10/h1-6,11,14-15H. The monoisotopic (exact) mass is 269 g/mol. The van der Waals surface area contributed by atoms with E-state index in [-0.39, 0.29) is 5.82 Å². The van der Waals surface area contributed by atoms with Crippen LogP contribution in [-0.4, -0.2) is 10.1 Å². The van der Waals surface area contributed by atoms with Gasteiger partial charge in [0.2, 0.25) is 0 Å². The Labute approximate surface area is 94.9 Å². The third-order valence-electron chi connectivity index (χ3n) is 2.12. The van der Waals surface area contributed by atoms with Gasteiger partial charge in [0.15, 0.2) is 0 Å². The highest BCUT2D eigenvalue weighted by atomic mass is 79.9. The summed E-state index contributed by atoms with van der Waals surface area (Å²) in [5.41, 5.74) is 1.16. The SMILES string of the molecule is OC(c1cc(F)cc(Br)c1)c1ccc[nH]1. The summed E-state index contributed by atoms with van der Waals surface area (Å²) >= 11 is 3.18. The molecule has 78 valence electrons. The smallest absolute Gasteiger partial charge is 0.124 e. The van der Waals surface area contributed by atoms with E-state index in [4.69, 9.17) is 0 Å². The summed E-state index contributed by atoms with van der Waals surface area (Å²) in [5, 5.41) is 9.91. The number of aliphatic hydroxyl groups excluding tert-OH is 1. The molecule has 1 unspecified atom stereocenters. The highest BCUT2D eigenvalue weighted by Crippen LogP contribution is 2.24. The van der Waals surface area contributed by atoms with E-state index in [0.29, 0.717) is 15.7 Å². The van der Waals surface area contributed by atoms with Gasteiger partial charge in [-0.2, -0.15) is 0 Å². The molecule has 0 amide bonds. The maximum atomic E-state index is 13.1. The molecule has 15 heavy (non-hydrogen) atoms. The molecule has 0 spiro atoms. The van der Waals surface area contributed by atoms with E-state index < -0.39 is 6.10 Å². The number of hydrogen-bond acceptors (Lipinski definition) is 1. The fraction of sp³-hybridized carbons (Fsp3) is 0.0909. The number of aromatic amines is 1. The lowest BCUT2D eigenvalue weighted by Gasteiger charge is -2.09. The molecule has 0 aliphatic carbocycles. The van der Waals surface area contributed by atoms with E-state index in [1.54, 1.807) is 24.4 Å². The number of benzene rings is 1. The van der Waals surface area contributed by atoms with E-state index in [1.807, 2.05) is 0 Å². The first-order chi connectivity index (χ1) is 7.16. The zero-order valence-electron chi connectivity index (χ0n) is 7.74. The molecule has 1 aromatic heterocycles. The van der Waals surface area contributed by atoms with Crippen LogP contribution < -0.4 is 0 Å². The van der Waals surface area contributed by atoms with Crippen LogP contribution in [0.15, 0.2) is 41.0 Å². The third kappa shape index (κ3) is 2.27. The van der Waals surface area contributed by atoms with Crippen LogP contribution in [0.3, 0.4) is 0 Å². The van der Waals surface area contributed by atoms with Crippen molar-refractivity contribution in [3.63, 3.8) is 0 Å². The van der Waals surface area contributed by atoms with Gasteiger partial charge in [-0.05, 0) is 35.9 Å². The number of H-pyrrole nitrogens is 1. The van der Waals surface area contributed by atoms with Crippen molar-refractivity contribution in [2.24, 2.45) is 0 Å². The van der Waals surface area contributed by atoms with Gasteiger partial charge in [0.25, 0.3) is 0 Å². The summed E-state index contributed by atoms with van der Waals surface area (Å²) in [5.74, 6) is -0.370. The topological polar surface area (TPSA) is 36.0 Å². The molecule has 0 saturated heterocycles. The van der Waals surface area contributed by atoms with E-state index >= 15 is 0 Å². The van der Waals surface area contributed by atoms with Crippen LogP contribution in [0.1, 0.15) is 17.4 Å². The van der Waals surface area contributed by atoms with Crippen LogP contribution in [0.4, 0.5) is 4.39 Å².